The van der Waals surface area contributed by atoms with Gasteiger partial charge in [-0.2, -0.15) is 0 Å². The van der Waals surface area contributed by atoms with E-state index < -0.39 is 29.5 Å². The van der Waals surface area contributed by atoms with Crippen molar-refractivity contribution < 1.29 is 29.0 Å². The molecule has 1 amide bonds. The quantitative estimate of drug-likeness (QED) is 0.129. The molecule has 0 aliphatic carbocycles. The minimum absolute atomic E-state index is 0.0911. The fourth-order valence-electron chi connectivity index (χ4n) is 5.93. The van der Waals surface area contributed by atoms with E-state index in [1.54, 1.807) is 6.21 Å². The van der Waals surface area contributed by atoms with Crippen LogP contribution < -0.4 is 0 Å². The Labute approximate surface area is 278 Å². The summed E-state index contributed by atoms with van der Waals surface area (Å²) in [5.74, 6) is -0.921. The van der Waals surface area contributed by atoms with Crippen molar-refractivity contribution in [2.24, 2.45) is 4.99 Å². The van der Waals surface area contributed by atoms with Crippen molar-refractivity contribution in [2.75, 3.05) is 12.4 Å². The lowest BCUT2D eigenvalue weighted by molar-refractivity contribution is -0.153. The Morgan fingerprint density at radius 1 is 0.979 bits per heavy atom. The Hall–Kier alpha value is -4.89. The molecule has 0 bridgehead atoms. The summed E-state index contributed by atoms with van der Waals surface area (Å²) in [6.07, 6.45) is 0.972. The molecule has 2 aliphatic heterocycles. The predicted octanol–water partition coefficient (Wildman–Crippen LogP) is 6.70. The molecule has 6 rings (SSSR count). The summed E-state index contributed by atoms with van der Waals surface area (Å²) >= 11 is 1.46. The number of thioether (sulfide) groups is 1. The minimum Gasteiger partial charge on any atom is -0.507 e. The minimum atomic E-state index is -0.734. The Kier molecular flexibility index (Phi) is 8.92. The van der Waals surface area contributed by atoms with Crippen LogP contribution in [-0.4, -0.2) is 57.8 Å². The molecule has 0 aromatic heterocycles. The molecule has 240 valence electrons. The number of amides is 1. The van der Waals surface area contributed by atoms with Gasteiger partial charge < -0.3 is 14.6 Å². The highest BCUT2D eigenvalue weighted by molar-refractivity contribution is 8.00. The fraction of sp³-hybridized carbons (Fsp3) is 0.263. The second-order valence-electron chi connectivity index (χ2n) is 12.6. The number of ether oxygens (including phenoxy) is 2. The van der Waals surface area contributed by atoms with Crippen LogP contribution in [0.25, 0.3) is 10.8 Å². The van der Waals surface area contributed by atoms with Gasteiger partial charge in [-0.25, -0.2) is 4.79 Å². The van der Waals surface area contributed by atoms with Crippen LogP contribution in [0, 0.1) is 0 Å². The summed E-state index contributed by atoms with van der Waals surface area (Å²) in [6.45, 7) is 7.27. The first-order valence-corrected chi connectivity index (χ1v) is 16.5. The number of fused-ring (bicyclic) bond motifs is 2. The van der Waals surface area contributed by atoms with E-state index in [0.717, 1.165) is 27.6 Å². The first-order chi connectivity index (χ1) is 22.5. The van der Waals surface area contributed by atoms with E-state index in [4.69, 9.17) is 14.5 Å². The molecule has 8 nitrogen and oxygen atoms in total. The van der Waals surface area contributed by atoms with Crippen molar-refractivity contribution in [1.29, 1.82) is 0 Å². The number of benzene rings is 4. The summed E-state index contributed by atoms with van der Waals surface area (Å²) in [4.78, 5) is 45.7. The number of rotatable bonds is 8. The van der Waals surface area contributed by atoms with Crippen LogP contribution in [0.1, 0.15) is 56.1 Å². The molecule has 0 radical (unpaired) electrons. The zero-order chi connectivity index (χ0) is 33.3. The topological polar surface area (TPSA) is 106 Å². The molecule has 1 fully saturated rings. The number of carbonyl (C=O) groups is 3. The molecule has 2 heterocycles. The van der Waals surface area contributed by atoms with E-state index in [9.17, 15) is 19.5 Å². The van der Waals surface area contributed by atoms with Gasteiger partial charge in [-0.05, 0) is 28.0 Å². The molecule has 2 atom stereocenters. The van der Waals surface area contributed by atoms with Gasteiger partial charge in [0, 0.05) is 41.0 Å². The molecule has 0 spiro atoms. The number of esters is 2. The maximum absolute atomic E-state index is 14.1. The lowest BCUT2D eigenvalue weighted by Crippen LogP contribution is -2.64. The lowest BCUT2D eigenvalue weighted by Gasteiger charge is -2.48. The molecule has 4 aromatic rings. The number of hydrogen-bond donors (Lipinski definition) is 1. The van der Waals surface area contributed by atoms with E-state index in [1.165, 1.54) is 23.6 Å². The van der Waals surface area contributed by atoms with Gasteiger partial charge in [0.05, 0.1) is 0 Å². The Morgan fingerprint density at radius 3 is 2.17 bits per heavy atom. The van der Waals surface area contributed by atoms with Crippen LogP contribution in [0.4, 0.5) is 0 Å². The SMILES string of the molecule is CC(=O)OCC1=C(C(=O)OC(c2ccccc2)c2ccccc2)N2C(=O)[C@@H](N=Cc3cc(C(C)(C)C)c(O)c4ccccc34)[C@H]2SC1. The number of phenolic OH excluding ortho intramolecular Hbond substituents is 1. The Bertz CT molecular complexity index is 1860. The molecular weight excluding hydrogens is 612 g/mol. The number of hydrogen-bond acceptors (Lipinski definition) is 8. The highest BCUT2D eigenvalue weighted by atomic mass is 32.2. The van der Waals surface area contributed by atoms with Crippen molar-refractivity contribution in [1.82, 2.24) is 4.90 Å². The average Bonchev–Trinajstić information content (AvgIpc) is 3.07. The van der Waals surface area contributed by atoms with E-state index in [1.807, 2.05) is 112 Å². The van der Waals surface area contributed by atoms with Gasteiger partial charge >= 0.3 is 11.9 Å². The van der Waals surface area contributed by atoms with Crippen LogP contribution in [0.3, 0.4) is 0 Å². The number of carbonyl (C=O) groups excluding carboxylic acids is 3. The first-order valence-electron chi connectivity index (χ1n) is 15.4. The van der Waals surface area contributed by atoms with Gasteiger partial charge in [0.2, 0.25) is 0 Å². The molecule has 4 aromatic carbocycles. The summed E-state index contributed by atoms with van der Waals surface area (Å²) in [5.41, 5.74) is 3.40. The maximum atomic E-state index is 14.1. The van der Waals surface area contributed by atoms with Crippen molar-refractivity contribution in [2.45, 2.75) is 50.6 Å². The van der Waals surface area contributed by atoms with E-state index in [2.05, 4.69) is 0 Å². The average molecular weight is 649 g/mol. The zero-order valence-electron chi connectivity index (χ0n) is 26.7. The first kappa shape index (κ1) is 32.1. The number of aliphatic imine (C=N–C) groups is 1. The molecule has 9 heteroatoms. The number of aromatic hydroxyl groups is 1. The van der Waals surface area contributed by atoms with Gasteiger partial charge in [0.1, 0.15) is 23.4 Å². The van der Waals surface area contributed by atoms with Crippen LogP contribution in [0.5, 0.6) is 5.75 Å². The smallest absolute Gasteiger partial charge is 0.356 e. The highest BCUT2D eigenvalue weighted by Gasteiger charge is 2.54. The van der Waals surface area contributed by atoms with E-state index in [0.29, 0.717) is 16.7 Å². The van der Waals surface area contributed by atoms with Crippen LogP contribution in [0.15, 0.2) is 107 Å². The van der Waals surface area contributed by atoms with Gasteiger partial charge in [-0.3, -0.25) is 19.5 Å². The molecule has 1 saturated heterocycles. The third-order valence-electron chi connectivity index (χ3n) is 8.32. The second kappa shape index (κ2) is 13.1. The monoisotopic (exact) mass is 648 g/mol. The normalized spacial score (nSPS) is 18.0. The molecule has 2 aliphatic rings. The van der Waals surface area contributed by atoms with Gasteiger partial charge in [-0.15, -0.1) is 11.8 Å². The second-order valence-corrected chi connectivity index (χ2v) is 13.7. The van der Waals surface area contributed by atoms with Gasteiger partial charge in [0.25, 0.3) is 5.91 Å². The van der Waals surface area contributed by atoms with Crippen LogP contribution >= 0.6 is 11.8 Å². The van der Waals surface area contributed by atoms with Crippen LogP contribution in [-0.2, 0) is 29.3 Å². The summed E-state index contributed by atoms with van der Waals surface area (Å²) < 4.78 is 11.5. The summed E-state index contributed by atoms with van der Waals surface area (Å²) in [6, 6.07) is 27.6. The standard InChI is InChI=1S/C38H36N2O6S/c1-23(41)45-21-27-22-47-36-31(39-20-26-19-30(38(2,3)4)33(42)29-18-12-11-17-28(26)29)35(43)40(36)32(27)37(44)46-34(24-13-7-5-8-14-24)25-15-9-6-10-16-25/h5-20,31,34,36,42H,21-22H2,1-4H3/t31-,36-/m1/s1. The fourth-order valence-corrected chi connectivity index (χ4v) is 7.25. The molecular formula is C38H36N2O6S. The van der Waals surface area contributed by atoms with E-state index in [-0.39, 0.29) is 29.4 Å². The van der Waals surface area contributed by atoms with Crippen LogP contribution in [0.2, 0.25) is 0 Å². The maximum Gasteiger partial charge on any atom is 0.356 e. The summed E-state index contributed by atoms with van der Waals surface area (Å²) in [7, 11) is 0. The van der Waals surface area contributed by atoms with Crippen molar-refractivity contribution in [3.05, 3.63) is 125 Å². The third-order valence-corrected chi connectivity index (χ3v) is 9.65. The zero-order valence-corrected chi connectivity index (χ0v) is 27.5. The van der Waals surface area contributed by atoms with Crippen molar-refractivity contribution in [3.8, 4) is 5.75 Å². The highest BCUT2D eigenvalue weighted by Crippen LogP contribution is 2.43. The predicted molar refractivity (Wildman–Crippen MR) is 183 cm³/mol. The van der Waals surface area contributed by atoms with Gasteiger partial charge in [-0.1, -0.05) is 106 Å². The van der Waals surface area contributed by atoms with E-state index >= 15 is 0 Å². The summed E-state index contributed by atoms with van der Waals surface area (Å²) in [5, 5.41) is 12.1. The largest absolute Gasteiger partial charge is 0.507 e. The molecule has 1 N–H and O–H groups in total. The number of phenols is 1. The lowest BCUT2D eigenvalue weighted by atomic mass is 9.83. The van der Waals surface area contributed by atoms with Crippen molar-refractivity contribution >= 4 is 46.6 Å². The van der Waals surface area contributed by atoms with Gasteiger partial charge in [0.15, 0.2) is 12.1 Å². The number of nitrogens with zero attached hydrogens (tertiary/aromatic N) is 2. The molecule has 47 heavy (non-hydrogen) atoms. The Morgan fingerprint density at radius 2 is 1.57 bits per heavy atom. The van der Waals surface area contributed by atoms with Crippen molar-refractivity contribution in [3.63, 3.8) is 0 Å². The third kappa shape index (κ3) is 6.40. The molecule has 0 saturated carbocycles. The number of β-lactam (4-membered cyclic amide) rings is 1. The molecule has 0 unspecified atom stereocenters. The Balaban J connectivity index is 1.32.